The van der Waals surface area contributed by atoms with Crippen molar-refractivity contribution < 1.29 is 4.92 Å². The summed E-state index contributed by atoms with van der Waals surface area (Å²) >= 11 is 0. The molecule has 1 atom stereocenters. The average molecular weight is 292 g/mol. The number of hydrogen-bond acceptors (Lipinski definition) is 7. The number of piperidine rings is 1. The van der Waals surface area contributed by atoms with Crippen LogP contribution in [-0.2, 0) is 0 Å². The van der Waals surface area contributed by atoms with Gasteiger partial charge in [-0.1, -0.05) is 6.42 Å². The highest BCUT2D eigenvalue weighted by Crippen LogP contribution is 2.30. The molecule has 2 N–H and O–H groups in total. The van der Waals surface area contributed by atoms with Gasteiger partial charge >= 0.3 is 5.69 Å². The Morgan fingerprint density at radius 3 is 2.76 bits per heavy atom. The van der Waals surface area contributed by atoms with Crippen molar-refractivity contribution in [2.24, 2.45) is 0 Å². The summed E-state index contributed by atoms with van der Waals surface area (Å²) < 4.78 is 0. The fourth-order valence-electron chi connectivity index (χ4n) is 3.26. The van der Waals surface area contributed by atoms with Crippen LogP contribution in [0.3, 0.4) is 0 Å². The Kier molecular flexibility index (Phi) is 3.87. The first-order chi connectivity index (χ1) is 10.1. The normalized spacial score (nSPS) is 23.4. The molecule has 2 aliphatic heterocycles. The van der Waals surface area contributed by atoms with Crippen LogP contribution in [-0.4, -0.2) is 52.0 Å². The van der Waals surface area contributed by atoms with Gasteiger partial charge in [-0.05, 0) is 32.4 Å². The smallest absolute Gasteiger partial charge is 0.329 e. The summed E-state index contributed by atoms with van der Waals surface area (Å²) in [7, 11) is 0. The molecule has 2 aliphatic rings. The summed E-state index contributed by atoms with van der Waals surface area (Å²) in [5, 5.41) is 11.1. The molecule has 1 aromatic rings. The molecule has 0 saturated carbocycles. The van der Waals surface area contributed by atoms with Crippen molar-refractivity contribution in [3.05, 3.63) is 16.3 Å². The summed E-state index contributed by atoms with van der Waals surface area (Å²) in [5.74, 6) is 0.434. The van der Waals surface area contributed by atoms with E-state index >= 15 is 0 Å². The molecule has 8 nitrogen and oxygen atoms in total. The topological polar surface area (TPSA) is 101 Å². The average Bonchev–Trinajstić information content (AvgIpc) is 2.97. The fraction of sp³-hybridized carbons (Fsp3) is 0.692. The number of anilines is 2. The summed E-state index contributed by atoms with van der Waals surface area (Å²) in [6.45, 7) is 3.81. The maximum atomic E-state index is 11.1. The van der Waals surface area contributed by atoms with E-state index < -0.39 is 4.92 Å². The molecule has 3 rings (SSSR count). The van der Waals surface area contributed by atoms with Crippen LogP contribution in [0.5, 0.6) is 0 Å². The molecule has 2 saturated heterocycles. The second-order valence-electron chi connectivity index (χ2n) is 5.68. The summed E-state index contributed by atoms with van der Waals surface area (Å²) in [5.41, 5.74) is 5.52. The number of likely N-dealkylation sites (tertiary alicyclic amines) is 1. The SMILES string of the molecule is Nc1ncc([N+](=O)[O-])c(N2CCC(N3CCCCC3)C2)n1. The van der Waals surface area contributed by atoms with Crippen molar-refractivity contribution in [2.45, 2.75) is 31.7 Å². The number of nitrogen functional groups attached to an aromatic ring is 1. The maximum absolute atomic E-state index is 11.1. The van der Waals surface area contributed by atoms with Crippen molar-refractivity contribution in [1.82, 2.24) is 14.9 Å². The lowest BCUT2D eigenvalue weighted by atomic mass is 10.1. The molecule has 8 heteroatoms. The van der Waals surface area contributed by atoms with Gasteiger partial charge in [0.1, 0.15) is 6.20 Å². The van der Waals surface area contributed by atoms with Gasteiger partial charge in [0.25, 0.3) is 0 Å². The highest BCUT2D eigenvalue weighted by molar-refractivity contribution is 5.59. The number of nitrogens with zero attached hydrogens (tertiary/aromatic N) is 5. The standard InChI is InChI=1S/C13H20N6O2/c14-13-15-8-11(19(20)21)12(16-13)18-7-4-10(9-18)17-5-2-1-3-6-17/h8,10H,1-7,9H2,(H2,14,15,16). The first-order valence-electron chi connectivity index (χ1n) is 7.41. The zero-order valence-corrected chi connectivity index (χ0v) is 11.9. The van der Waals surface area contributed by atoms with Gasteiger partial charge in [0, 0.05) is 19.1 Å². The number of nitro groups is 1. The molecule has 3 heterocycles. The predicted octanol–water partition coefficient (Wildman–Crippen LogP) is 1.03. The molecule has 114 valence electrons. The van der Waals surface area contributed by atoms with Crippen LogP contribution in [0.15, 0.2) is 6.20 Å². The quantitative estimate of drug-likeness (QED) is 0.655. The van der Waals surface area contributed by atoms with E-state index in [0.717, 1.165) is 32.6 Å². The minimum absolute atomic E-state index is 0.0662. The van der Waals surface area contributed by atoms with Crippen molar-refractivity contribution >= 4 is 17.5 Å². The van der Waals surface area contributed by atoms with E-state index in [1.165, 1.54) is 25.5 Å². The van der Waals surface area contributed by atoms with Gasteiger partial charge in [0.2, 0.25) is 11.8 Å². The number of aromatic nitrogens is 2. The van der Waals surface area contributed by atoms with Crippen LogP contribution in [0.25, 0.3) is 0 Å². The van der Waals surface area contributed by atoms with Crippen molar-refractivity contribution in [2.75, 3.05) is 36.8 Å². The molecule has 0 radical (unpaired) electrons. The Hall–Kier alpha value is -1.96. The lowest BCUT2D eigenvalue weighted by Gasteiger charge is -2.32. The monoisotopic (exact) mass is 292 g/mol. The van der Waals surface area contributed by atoms with Crippen LogP contribution in [0.1, 0.15) is 25.7 Å². The third-order valence-corrected chi connectivity index (χ3v) is 4.34. The molecule has 2 fully saturated rings. The predicted molar refractivity (Wildman–Crippen MR) is 79.1 cm³/mol. The van der Waals surface area contributed by atoms with Crippen molar-refractivity contribution in [3.8, 4) is 0 Å². The van der Waals surface area contributed by atoms with Crippen molar-refractivity contribution in [3.63, 3.8) is 0 Å². The molecular formula is C13H20N6O2. The van der Waals surface area contributed by atoms with Crippen LogP contribution in [0.4, 0.5) is 17.5 Å². The Balaban J connectivity index is 1.76. The van der Waals surface area contributed by atoms with E-state index in [9.17, 15) is 10.1 Å². The Bertz CT molecular complexity index is 531. The Morgan fingerprint density at radius 2 is 2.05 bits per heavy atom. The minimum atomic E-state index is -0.441. The number of hydrogen-bond donors (Lipinski definition) is 1. The van der Waals surface area contributed by atoms with E-state index in [0.29, 0.717) is 11.9 Å². The summed E-state index contributed by atoms with van der Waals surface area (Å²) in [4.78, 5) is 23.0. The zero-order valence-electron chi connectivity index (χ0n) is 11.9. The largest absolute Gasteiger partial charge is 0.368 e. The van der Waals surface area contributed by atoms with Gasteiger partial charge in [0.05, 0.1) is 4.92 Å². The zero-order chi connectivity index (χ0) is 14.8. The second kappa shape index (κ2) is 5.80. The van der Waals surface area contributed by atoms with E-state index in [1.54, 1.807) is 0 Å². The van der Waals surface area contributed by atoms with Crippen LogP contribution >= 0.6 is 0 Å². The molecule has 0 aliphatic carbocycles. The Morgan fingerprint density at radius 1 is 1.29 bits per heavy atom. The van der Waals surface area contributed by atoms with Gasteiger partial charge in [-0.2, -0.15) is 4.98 Å². The summed E-state index contributed by atoms with van der Waals surface area (Å²) in [6.07, 6.45) is 6.02. The van der Waals surface area contributed by atoms with Crippen LogP contribution in [0.2, 0.25) is 0 Å². The third-order valence-electron chi connectivity index (χ3n) is 4.34. The molecule has 1 unspecified atom stereocenters. The molecule has 0 bridgehead atoms. The van der Waals surface area contributed by atoms with Gasteiger partial charge in [0.15, 0.2) is 0 Å². The molecule has 0 spiro atoms. The molecular weight excluding hydrogens is 272 g/mol. The highest BCUT2D eigenvalue weighted by Gasteiger charge is 2.32. The number of rotatable bonds is 3. The van der Waals surface area contributed by atoms with Gasteiger partial charge in [-0.3, -0.25) is 15.0 Å². The second-order valence-corrected chi connectivity index (χ2v) is 5.68. The summed E-state index contributed by atoms with van der Waals surface area (Å²) in [6, 6.07) is 0.459. The van der Waals surface area contributed by atoms with Crippen LogP contribution in [0, 0.1) is 10.1 Å². The van der Waals surface area contributed by atoms with E-state index in [4.69, 9.17) is 5.73 Å². The molecule has 21 heavy (non-hydrogen) atoms. The van der Waals surface area contributed by atoms with E-state index in [2.05, 4.69) is 14.9 Å². The fourth-order valence-corrected chi connectivity index (χ4v) is 3.26. The molecule has 0 amide bonds. The maximum Gasteiger partial charge on any atom is 0.329 e. The first kappa shape index (κ1) is 14.0. The van der Waals surface area contributed by atoms with E-state index in [1.807, 2.05) is 4.90 Å². The Labute approximate surface area is 123 Å². The van der Waals surface area contributed by atoms with Crippen molar-refractivity contribution in [1.29, 1.82) is 0 Å². The highest BCUT2D eigenvalue weighted by atomic mass is 16.6. The van der Waals surface area contributed by atoms with Crippen LogP contribution < -0.4 is 10.6 Å². The lowest BCUT2D eigenvalue weighted by molar-refractivity contribution is -0.384. The van der Waals surface area contributed by atoms with Gasteiger partial charge in [-0.15, -0.1) is 0 Å². The first-order valence-corrected chi connectivity index (χ1v) is 7.41. The molecule has 1 aromatic heterocycles. The number of nitrogens with two attached hydrogens (primary N) is 1. The van der Waals surface area contributed by atoms with Gasteiger partial charge < -0.3 is 10.6 Å². The minimum Gasteiger partial charge on any atom is -0.368 e. The third kappa shape index (κ3) is 2.90. The molecule has 0 aromatic carbocycles. The van der Waals surface area contributed by atoms with E-state index in [-0.39, 0.29) is 11.6 Å². The van der Waals surface area contributed by atoms with Gasteiger partial charge in [-0.25, -0.2) is 4.98 Å². The lowest BCUT2D eigenvalue weighted by Crippen LogP contribution is -2.41.